The minimum atomic E-state index is -0.659. The van der Waals surface area contributed by atoms with Gasteiger partial charge in [0.25, 0.3) is 0 Å². The van der Waals surface area contributed by atoms with Crippen LogP contribution in [0.2, 0.25) is 0 Å². The first-order valence-corrected chi connectivity index (χ1v) is 7.28. The normalized spacial score (nSPS) is 16.5. The number of esters is 1. The van der Waals surface area contributed by atoms with E-state index in [2.05, 4.69) is 10.6 Å². The highest BCUT2D eigenvalue weighted by Crippen LogP contribution is 2.24. The van der Waals surface area contributed by atoms with E-state index in [1.807, 2.05) is 0 Å². The van der Waals surface area contributed by atoms with Gasteiger partial charge in [0.2, 0.25) is 11.8 Å². The van der Waals surface area contributed by atoms with Crippen molar-refractivity contribution in [2.24, 2.45) is 5.92 Å². The number of amides is 2. The summed E-state index contributed by atoms with van der Waals surface area (Å²) >= 11 is 0. The van der Waals surface area contributed by atoms with Gasteiger partial charge in [-0.1, -0.05) is 12.8 Å². The molecule has 114 valence electrons. The molecule has 20 heavy (non-hydrogen) atoms. The molecule has 0 bridgehead atoms. The summed E-state index contributed by atoms with van der Waals surface area (Å²) in [7, 11) is 0. The second kappa shape index (κ2) is 8.55. The van der Waals surface area contributed by atoms with Crippen molar-refractivity contribution >= 4 is 17.8 Å². The van der Waals surface area contributed by atoms with Gasteiger partial charge in [0.15, 0.2) is 0 Å². The Morgan fingerprint density at radius 3 is 2.50 bits per heavy atom. The Morgan fingerprint density at radius 2 is 1.90 bits per heavy atom. The molecule has 0 radical (unpaired) electrons. The zero-order valence-corrected chi connectivity index (χ0v) is 12.2. The first-order chi connectivity index (χ1) is 9.54. The van der Waals surface area contributed by atoms with E-state index in [-0.39, 0.29) is 30.8 Å². The molecule has 0 aromatic heterocycles. The van der Waals surface area contributed by atoms with Crippen LogP contribution in [0.1, 0.15) is 46.0 Å². The lowest BCUT2D eigenvalue weighted by atomic mass is 10.1. The van der Waals surface area contributed by atoms with E-state index in [1.54, 1.807) is 13.8 Å². The van der Waals surface area contributed by atoms with Gasteiger partial charge in [-0.3, -0.25) is 9.59 Å². The van der Waals surface area contributed by atoms with Gasteiger partial charge >= 0.3 is 5.97 Å². The number of carbonyl (C=O) groups is 3. The predicted molar refractivity (Wildman–Crippen MR) is 73.8 cm³/mol. The fraction of sp³-hybridized carbons (Fsp3) is 0.786. The average Bonchev–Trinajstić information content (AvgIpc) is 2.92. The molecule has 1 unspecified atom stereocenters. The van der Waals surface area contributed by atoms with Gasteiger partial charge < -0.3 is 15.4 Å². The first-order valence-electron chi connectivity index (χ1n) is 7.28. The molecule has 1 atom stereocenters. The molecule has 1 aliphatic rings. The van der Waals surface area contributed by atoms with Crippen LogP contribution in [-0.4, -0.2) is 37.0 Å². The van der Waals surface area contributed by atoms with Crippen LogP contribution in [0, 0.1) is 5.92 Å². The highest BCUT2D eigenvalue weighted by atomic mass is 16.5. The number of carbonyl (C=O) groups excluding carboxylic acids is 3. The second-order valence-corrected chi connectivity index (χ2v) is 5.06. The van der Waals surface area contributed by atoms with E-state index in [9.17, 15) is 14.4 Å². The predicted octanol–water partition coefficient (Wildman–Crippen LogP) is 0.751. The van der Waals surface area contributed by atoms with Crippen LogP contribution < -0.4 is 10.6 Å². The van der Waals surface area contributed by atoms with E-state index >= 15 is 0 Å². The Hall–Kier alpha value is -1.59. The zero-order valence-electron chi connectivity index (χ0n) is 12.2. The Labute approximate surface area is 119 Å². The second-order valence-electron chi connectivity index (χ2n) is 5.06. The van der Waals surface area contributed by atoms with Crippen molar-refractivity contribution in [2.75, 3.05) is 13.2 Å². The summed E-state index contributed by atoms with van der Waals surface area (Å²) in [6, 6.07) is -0.659. The highest BCUT2D eigenvalue weighted by molar-refractivity contribution is 5.84. The van der Waals surface area contributed by atoms with Crippen molar-refractivity contribution in [3.63, 3.8) is 0 Å². The quantitative estimate of drug-likeness (QED) is 0.676. The molecular formula is C14H24N2O4. The maximum Gasteiger partial charge on any atom is 0.328 e. The van der Waals surface area contributed by atoms with Gasteiger partial charge in [-0.05, 0) is 26.7 Å². The molecule has 1 rings (SSSR count). The van der Waals surface area contributed by atoms with Crippen LogP contribution in [-0.2, 0) is 19.1 Å². The smallest absolute Gasteiger partial charge is 0.328 e. The molecule has 0 aromatic carbocycles. The lowest BCUT2D eigenvalue weighted by Gasteiger charge is -2.13. The maximum atomic E-state index is 11.7. The van der Waals surface area contributed by atoms with Crippen molar-refractivity contribution in [3.8, 4) is 0 Å². The van der Waals surface area contributed by atoms with Crippen LogP contribution in [0.25, 0.3) is 0 Å². The van der Waals surface area contributed by atoms with Crippen molar-refractivity contribution in [1.82, 2.24) is 10.6 Å². The minimum Gasteiger partial charge on any atom is -0.464 e. The fourth-order valence-corrected chi connectivity index (χ4v) is 2.27. The molecule has 0 aromatic rings. The van der Waals surface area contributed by atoms with E-state index < -0.39 is 12.0 Å². The first kappa shape index (κ1) is 16.5. The molecule has 6 nitrogen and oxygen atoms in total. The largest absolute Gasteiger partial charge is 0.464 e. The van der Waals surface area contributed by atoms with E-state index in [0.717, 1.165) is 25.7 Å². The Morgan fingerprint density at radius 1 is 1.25 bits per heavy atom. The molecule has 2 N–H and O–H groups in total. The van der Waals surface area contributed by atoms with Crippen LogP contribution in [0.5, 0.6) is 0 Å². The lowest BCUT2D eigenvalue weighted by Crippen LogP contribution is -2.41. The van der Waals surface area contributed by atoms with Gasteiger partial charge in [0.1, 0.15) is 6.04 Å². The van der Waals surface area contributed by atoms with E-state index in [4.69, 9.17) is 4.74 Å². The van der Waals surface area contributed by atoms with Gasteiger partial charge in [0, 0.05) is 18.9 Å². The standard InChI is InChI=1S/C14H24N2O4/c1-3-20-14(19)10(2)16-12(17)8-9-15-13(18)11-6-4-5-7-11/h10-11H,3-9H2,1-2H3,(H,15,18)(H,16,17). The van der Waals surface area contributed by atoms with Crippen LogP contribution >= 0.6 is 0 Å². The monoisotopic (exact) mass is 284 g/mol. The Balaban J connectivity index is 2.16. The highest BCUT2D eigenvalue weighted by Gasteiger charge is 2.22. The van der Waals surface area contributed by atoms with Crippen molar-refractivity contribution in [3.05, 3.63) is 0 Å². The summed E-state index contributed by atoms with van der Waals surface area (Å²) in [6.07, 6.45) is 4.27. The molecule has 6 heteroatoms. The van der Waals surface area contributed by atoms with E-state index in [1.165, 1.54) is 0 Å². The topological polar surface area (TPSA) is 84.5 Å². The van der Waals surface area contributed by atoms with Crippen molar-refractivity contribution < 1.29 is 19.1 Å². The molecule has 0 saturated heterocycles. The van der Waals surface area contributed by atoms with Crippen LogP contribution in [0.4, 0.5) is 0 Å². The molecule has 1 saturated carbocycles. The Kier molecular flexibility index (Phi) is 7.04. The molecule has 2 amide bonds. The third-order valence-electron chi connectivity index (χ3n) is 3.39. The summed E-state index contributed by atoms with van der Waals surface area (Å²) in [5.41, 5.74) is 0. The fourth-order valence-electron chi connectivity index (χ4n) is 2.27. The lowest BCUT2D eigenvalue weighted by molar-refractivity contribution is -0.146. The molecule has 0 heterocycles. The number of nitrogens with one attached hydrogen (secondary N) is 2. The molecular weight excluding hydrogens is 260 g/mol. The van der Waals surface area contributed by atoms with Crippen LogP contribution in [0.3, 0.4) is 0 Å². The summed E-state index contributed by atoms with van der Waals surface area (Å²) in [6.45, 7) is 3.88. The van der Waals surface area contributed by atoms with Gasteiger partial charge in [-0.15, -0.1) is 0 Å². The number of hydrogen-bond acceptors (Lipinski definition) is 4. The Bertz CT molecular complexity index is 351. The SMILES string of the molecule is CCOC(=O)C(C)NC(=O)CCNC(=O)C1CCCC1. The van der Waals surface area contributed by atoms with E-state index in [0.29, 0.717) is 6.54 Å². The van der Waals surface area contributed by atoms with Crippen molar-refractivity contribution in [2.45, 2.75) is 52.0 Å². The summed E-state index contributed by atoms with van der Waals surface area (Å²) < 4.78 is 4.79. The minimum absolute atomic E-state index is 0.0359. The summed E-state index contributed by atoms with van der Waals surface area (Å²) in [5, 5.41) is 5.31. The average molecular weight is 284 g/mol. The van der Waals surface area contributed by atoms with Gasteiger partial charge in [-0.25, -0.2) is 4.79 Å². The van der Waals surface area contributed by atoms with Crippen molar-refractivity contribution in [1.29, 1.82) is 0 Å². The zero-order chi connectivity index (χ0) is 15.0. The molecule has 1 fully saturated rings. The third-order valence-corrected chi connectivity index (χ3v) is 3.39. The molecule has 0 aliphatic heterocycles. The number of rotatable bonds is 7. The molecule has 1 aliphatic carbocycles. The summed E-state index contributed by atoms with van der Waals surface area (Å²) in [5.74, 6) is -0.571. The maximum absolute atomic E-state index is 11.7. The molecule has 0 spiro atoms. The van der Waals surface area contributed by atoms with Gasteiger partial charge in [0.05, 0.1) is 6.61 Å². The summed E-state index contributed by atoms with van der Waals surface area (Å²) in [4.78, 5) is 34.6. The van der Waals surface area contributed by atoms with Gasteiger partial charge in [-0.2, -0.15) is 0 Å². The number of hydrogen-bond donors (Lipinski definition) is 2. The van der Waals surface area contributed by atoms with Crippen LogP contribution in [0.15, 0.2) is 0 Å². The third kappa shape index (κ3) is 5.59. The number of ether oxygens (including phenoxy) is 1.